The fourth-order valence-electron chi connectivity index (χ4n) is 5.25. The van der Waals surface area contributed by atoms with Gasteiger partial charge in [0.1, 0.15) is 0 Å². The molecular weight excluding hydrogens is 700 g/mol. The second-order valence-corrected chi connectivity index (χ2v) is 11.3. The van der Waals surface area contributed by atoms with Crippen LogP contribution in [0.15, 0.2) is 24.3 Å². The van der Waals surface area contributed by atoms with Crippen LogP contribution in [0, 0.1) is 0 Å². The molecule has 0 spiro atoms. The van der Waals surface area contributed by atoms with E-state index in [1.807, 2.05) is 0 Å². The number of hydrogen-bond acceptors (Lipinski definition) is 16. The average Bonchev–Trinajstić information content (AvgIpc) is 3.37. The van der Waals surface area contributed by atoms with Crippen molar-refractivity contribution < 1.29 is 66.5 Å². The fourth-order valence-corrected chi connectivity index (χ4v) is 5.25. The Hall–Kier alpha value is -5.36. The molecule has 2 N–H and O–H groups in total. The summed E-state index contributed by atoms with van der Waals surface area (Å²) in [5, 5.41) is 5.28. The standard InChI is InChI=1S/C35H50N4O14/c1-7-48-34(42)52-30-26(44-3)20-24(21-27(30)45-4)36-32(40)50-18-10-14-38-12-9-13-39(17-16-38)15-11-19-51-33(41)37-25-22-28(46-5)31(29(23-25)47-6)53-35(43)49-8-2/h20-23H,7-19H2,1-6H3,(H,36,40)(H,37,41). The van der Waals surface area contributed by atoms with Gasteiger partial charge in [0.05, 0.1) is 66.2 Å². The van der Waals surface area contributed by atoms with Crippen molar-refractivity contribution in [3.05, 3.63) is 24.3 Å². The Labute approximate surface area is 308 Å². The molecule has 1 fully saturated rings. The highest BCUT2D eigenvalue weighted by atomic mass is 16.7. The Morgan fingerprint density at radius 1 is 0.566 bits per heavy atom. The number of carbonyl (C=O) groups excluding carboxylic acids is 4. The summed E-state index contributed by atoms with van der Waals surface area (Å²) in [6.07, 6.45) is -0.855. The number of methoxy groups -OCH3 is 4. The van der Waals surface area contributed by atoms with Crippen LogP contribution in [0.4, 0.5) is 30.6 Å². The zero-order chi connectivity index (χ0) is 38.6. The van der Waals surface area contributed by atoms with Gasteiger partial charge in [-0.2, -0.15) is 0 Å². The van der Waals surface area contributed by atoms with Crippen LogP contribution in [0.1, 0.15) is 33.1 Å². The van der Waals surface area contributed by atoms with Crippen molar-refractivity contribution in [1.29, 1.82) is 0 Å². The van der Waals surface area contributed by atoms with Crippen LogP contribution in [0.3, 0.4) is 0 Å². The minimum Gasteiger partial charge on any atom is -0.493 e. The van der Waals surface area contributed by atoms with Crippen LogP contribution in [0.25, 0.3) is 0 Å². The van der Waals surface area contributed by atoms with Gasteiger partial charge in [-0.25, -0.2) is 19.2 Å². The Balaban J connectivity index is 1.35. The number of rotatable bonds is 18. The Bertz CT molecular complexity index is 1350. The van der Waals surface area contributed by atoms with Gasteiger partial charge in [0.25, 0.3) is 0 Å². The minimum atomic E-state index is -0.913. The molecule has 0 radical (unpaired) electrons. The fraction of sp³-hybridized carbons (Fsp3) is 0.543. The van der Waals surface area contributed by atoms with Crippen LogP contribution < -0.4 is 39.1 Å². The van der Waals surface area contributed by atoms with Crippen molar-refractivity contribution in [3.8, 4) is 34.5 Å². The molecule has 18 nitrogen and oxygen atoms in total. The summed E-state index contributed by atoms with van der Waals surface area (Å²) in [6, 6.07) is 5.91. The maximum Gasteiger partial charge on any atom is 0.514 e. The molecule has 1 aliphatic heterocycles. The first-order chi connectivity index (χ1) is 25.6. The predicted molar refractivity (Wildman–Crippen MR) is 191 cm³/mol. The third-order valence-corrected chi connectivity index (χ3v) is 7.69. The number of nitrogens with zero attached hydrogens (tertiary/aromatic N) is 2. The Morgan fingerprint density at radius 2 is 0.925 bits per heavy atom. The lowest BCUT2D eigenvalue weighted by atomic mass is 10.2. The van der Waals surface area contributed by atoms with Crippen LogP contribution in [0.5, 0.6) is 34.5 Å². The molecule has 1 saturated heterocycles. The summed E-state index contributed by atoms with van der Waals surface area (Å²) < 4.78 is 52.0. The predicted octanol–water partition coefficient (Wildman–Crippen LogP) is 5.38. The van der Waals surface area contributed by atoms with Gasteiger partial charge in [-0.1, -0.05) is 0 Å². The highest BCUT2D eigenvalue weighted by Crippen LogP contribution is 2.41. The quantitative estimate of drug-likeness (QED) is 0.0854. The molecule has 18 heteroatoms. The lowest BCUT2D eigenvalue weighted by Gasteiger charge is -2.21. The zero-order valence-corrected chi connectivity index (χ0v) is 31.1. The Kier molecular flexibility index (Phi) is 17.9. The molecule has 2 aromatic rings. The summed E-state index contributed by atoms with van der Waals surface area (Å²) in [4.78, 5) is 53.2. The summed E-state index contributed by atoms with van der Waals surface area (Å²) >= 11 is 0. The molecule has 0 aliphatic carbocycles. The SMILES string of the molecule is CCOC(=O)Oc1c(OC)cc(NC(=O)OCCCN2CCCN(CCCOC(=O)Nc3cc(OC)c(OC(=O)OCC)c(OC)c3)CC2)cc1OC. The van der Waals surface area contributed by atoms with Crippen LogP contribution in [-0.2, 0) is 18.9 Å². The molecule has 0 bridgehead atoms. The number of carbonyl (C=O) groups is 4. The number of amides is 2. The van der Waals surface area contributed by atoms with E-state index in [-0.39, 0.29) is 60.9 Å². The monoisotopic (exact) mass is 750 g/mol. The molecule has 0 unspecified atom stereocenters. The number of benzene rings is 2. The summed E-state index contributed by atoms with van der Waals surface area (Å²) in [7, 11) is 5.56. The topological polar surface area (TPSA) is 191 Å². The smallest absolute Gasteiger partial charge is 0.493 e. The van der Waals surface area contributed by atoms with E-state index in [4.69, 9.17) is 47.4 Å². The normalized spacial score (nSPS) is 13.1. The van der Waals surface area contributed by atoms with Crippen molar-refractivity contribution in [2.45, 2.75) is 33.1 Å². The first-order valence-electron chi connectivity index (χ1n) is 17.2. The number of anilines is 2. The van der Waals surface area contributed by atoms with Crippen LogP contribution >= 0.6 is 0 Å². The van der Waals surface area contributed by atoms with E-state index in [1.54, 1.807) is 13.8 Å². The second kappa shape index (κ2) is 22.5. The van der Waals surface area contributed by atoms with Gasteiger partial charge in [0.15, 0.2) is 23.0 Å². The zero-order valence-electron chi connectivity index (χ0n) is 31.1. The first kappa shape index (κ1) is 42.1. The maximum absolute atomic E-state index is 12.5. The molecule has 53 heavy (non-hydrogen) atoms. The van der Waals surface area contributed by atoms with E-state index in [1.165, 1.54) is 52.7 Å². The average molecular weight is 751 g/mol. The molecule has 2 aromatic carbocycles. The lowest BCUT2D eigenvalue weighted by Crippen LogP contribution is -2.32. The van der Waals surface area contributed by atoms with E-state index < -0.39 is 24.5 Å². The van der Waals surface area contributed by atoms with Gasteiger partial charge >= 0.3 is 24.5 Å². The van der Waals surface area contributed by atoms with Gasteiger partial charge in [-0.15, -0.1) is 0 Å². The molecule has 0 aromatic heterocycles. The van der Waals surface area contributed by atoms with Crippen molar-refractivity contribution in [2.24, 2.45) is 0 Å². The third kappa shape index (κ3) is 13.9. The van der Waals surface area contributed by atoms with Crippen LogP contribution in [0.2, 0.25) is 0 Å². The van der Waals surface area contributed by atoms with Crippen molar-refractivity contribution in [2.75, 3.05) is 105 Å². The third-order valence-electron chi connectivity index (χ3n) is 7.69. The summed E-state index contributed by atoms with van der Waals surface area (Å²) in [5.74, 6) is 0.681. The van der Waals surface area contributed by atoms with Crippen molar-refractivity contribution >= 4 is 35.9 Å². The minimum absolute atomic E-state index is 0.0212. The Morgan fingerprint density at radius 3 is 1.25 bits per heavy atom. The van der Waals surface area contributed by atoms with Crippen molar-refractivity contribution in [3.63, 3.8) is 0 Å². The van der Waals surface area contributed by atoms with Gasteiger partial charge in [0.2, 0.25) is 11.5 Å². The largest absolute Gasteiger partial charge is 0.514 e. The highest BCUT2D eigenvalue weighted by Gasteiger charge is 2.22. The molecule has 2 amide bonds. The van der Waals surface area contributed by atoms with E-state index in [2.05, 4.69) is 20.4 Å². The molecule has 294 valence electrons. The van der Waals surface area contributed by atoms with Gasteiger partial charge < -0.3 is 57.2 Å². The number of ether oxygens (including phenoxy) is 10. The molecular formula is C35H50N4O14. The molecule has 1 aliphatic rings. The lowest BCUT2D eigenvalue weighted by molar-refractivity contribution is 0.101. The second-order valence-electron chi connectivity index (χ2n) is 11.3. The highest BCUT2D eigenvalue weighted by molar-refractivity contribution is 5.87. The molecule has 1 heterocycles. The summed E-state index contributed by atoms with van der Waals surface area (Å²) in [5.41, 5.74) is 0.656. The van der Waals surface area contributed by atoms with Gasteiger partial charge in [-0.05, 0) is 46.2 Å². The van der Waals surface area contributed by atoms with E-state index in [0.29, 0.717) is 24.2 Å². The molecule has 3 rings (SSSR count). The van der Waals surface area contributed by atoms with Gasteiger partial charge in [0, 0.05) is 50.4 Å². The van der Waals surface area contributed by atoms with E-state index >= 15 is 0 Å². The van der Waals surface area contributed by atoms with Crippen LogP contribution in [-0.4, -0.2) is 128 Å². The van der Waals surface area contributed by atoms with Crippen molar-refractivity contribution in [1.82, 2.24) is 9.80 Å². The maximum atomic E-state index is 12.5. The molecule has 0 saturated carbocycles. The number of hydrogen-bond donors (Lipinski definition) is 2. The summed E-state index contributed by atoms with van der Waals surface area (Å²) in [6.45, 7) is 9.07. The van der Waals surface area contributed by atoms with Gasteiger partial charge in [-0.3, -0.25) is 10.6 Å². The van der Waals surface area contributed by atoms with E-state index in [0.717, 1.165) is 45.7 Å². The molecule has 0 atom stereocenters. The van der Waals surface area contributed by atoms with E-state index in [9.17, 15) is 19.2 Å². The first-order valence-corrected chi connectivity index (χ1v) is 17.2. The number of nitrogens with one attached hydrogen (secondary N) is 2.